The predicted molar refractivity (Wildman–Crippen MR) is 71.9 cm³/mol. The number of aromatic nitrogens is 2. The van der Waals surface area contributed by atoms with Gasteiger partial charge in [0.1, 0.15) is 18.2 Å². The van der Waals surface area contributed by atoms with Crippen LogP contribution < -0.4 is 5.73 Å². The molecule has 0 atom stereocenters. The van der Waals surface area contributed by atoms with E-state index >= 15 is 0 Å². The molecular formula is C14H16FN3O. The highest BCUT2D eigenvalue weighted by molar-refractivity contribution is 5.65. The number of halogens is 1. The monoisotopic (exact) mass is 261 g/mol. The first kappa shape index (κ1) is 13.4. The molecule has 0 amide bonds. The third kappa shape index (κ3) is 3.26. The lowest BCUT2D eigenvalue weighted by molar-refractivity contribution is 0.128. The van der Waals surface area contributed by atoms with E-state index in [1.54, 1.807) is 12.1 Å². The Morgan fingerprint density at radius 2 is 2.05 bits per heavy atom. The molecule has 19 heavy (non-hydrogen) atoms. The molecule has 0 unspecified atom stereocenters. The zero-order chi connectivity index (χ0) is 13.8. The van der Waals surface area contributed by atoms with Gasteiger partial charge in [-0.15, -0.1) is 0 Å². The Bertz CT molecular complexity index is 587. The molecule has 2 N–H and O–H groups in total. The summed E-state index contributed by atoms with van der Waals surface area (Å²) in [6, 6.07) is 6.24. The van der Waals surface area contributed by atoms with Crippen LogP contribution in [0, 0.1) is 12.7 Å². The van der Waals surface area contributed by atoms with E-state index in [4.69, 9.17) is 10.5 Å². The summed E-state index contributed by atoms with van der Waals surface area (Å²) in [5.41, 5.74) is 8.09. The Morgan fingerprint density at radius 1 is 1.26 bits per heavy atom. The number of hydrogen-bond acceptors (Lipinski definition) is 4. The first-order chi connectivity index (χ1) is 9.10. The summed E-state index contributed by atoms with van der Waals surface area (Å²) < 4.78 is 18.4. The molecule has 1 aromatic carbocycles. The van der Waals surface area contributed by atoms with E-state index < -0.39 is 0 Å². The second-order valence-corrected chi connectivity index (χ2v) is 4.19. The molecule has 0 saturated heterocycles. The van der Waals surface area contributed by atoms with Crippen molar-refractivity contribution in [3.63, 3.8) is 0 Å². The molecule has 0 bridgehead atoms. The molecule has 1 aromatic heterocycles. The minimum Gasteiger partial charge on any atom is -0.384 e. The van der Waals surface area contributed by atoms with Gasteiger partial charge in [-0.05, 0) is 37.6 Å². The van der Waals surface area contributed by atoms with E-state index in [9.17, 15) is 4.39 Å². The highest BCUT2D eigenvalue weighted by Gasteiger charge is 2.08. The van der Waals surface area contributed by atoms with Crippen molar-refractivity contribution in [3.05, 3.63) is 41.5 Å². The summed E-state index contributed by atoms with van der Waals surface area (Å²) in [6.45, 7) is 4.63. The van der Waals surface area contributed by atoms with E-state index in [2.05, 4.69) is 9.97 Å². The number of benzene rings is 1. The van der Waals surface area contributed by atoms with Gasteiger partial charge in [-0.25, -0.2) is 14.4 Å². The van der Waals surface area contributed by atoms with Crippen molar-refractivity contribution in [2.24, 2.45) is 0 Å². The van der Waals surface area contributed by atoms with Crippen LogP contribution >= 0.6 is 0 Å². The van der Waals surface area contributed by atoms with Gasteiger partial charge in [-0.1, -0.05) is 0 Å². The number of aryl methyl sites for hydroxylation is 1. The van der Waals surface area contributed by atoms with Crippen molar-refractivity contribution in [2.45, 2.75) is 20.5 Å². The molecule has 1 heterocycles. The third-order valence-electron chi connectivity index (χ3n) is 2.69. The van der Waals surface area contributed by atoms with E-state index in [0.717, 1.165) is 11.1 Å². The molecule has 0 aliphatic carbocycles. The molecular weight excluding hydrogens is 245 g/mol. The Morgan fingerprint density at radius 3 is 2.74 bits per heavy atom. The third-order valence-corrected chi connectivity index (χ3v) is 2.69. The first-order valence-corrected chi connectivity index (χ1v) is 6.08. The number of anilines is 1. The maximum absolute atomic E-state index is 13.1. The summed E-state index contributed by atoms with van der Waals surface area (Å²) in [5, 5.41) is 0. The lowest BCUT2D eigenvalue weighted by Crippen LogP contribution is -2.04. The molecule has 0 spiro atoms. The average molecular weight is 261 g/mol. The lowest BCUT2D eigenvalue weighted by Gasteiger charge is -2.08. The highest BCUT2D eigenvalue weighted by Crippen LogP contribution is 2.23. The van der Waals surface area contributed by atoms with Gasteiger partial charge in [0.25, 0.3) is 0 Å². The van der Waals surface area contributed by atoms with Crippen molar-refractivity contribution < 1.29 is 9.13 Å². The molecule has 0 radical (unpaired) electrons. The first-order valence-electron chi connectivity index (χ1n) is 6.08. The van der Waals surface area contributed by atoms with Gasteiger partial charge in [0.2, 0.25) is 0 Å². The van der Waals surface area contributed by atoms with Gasteiger partial charge in [0.15, 0.2) is 5.82 Å². The molecule has 0 aliphatic rings. The Balaban J connectivity index is 2.41. The summed E-state index contributed by atoms with van der Waals surface area (Å²) in [4.78, 5) is 8.50. The van der Waals surface area contributed by atoms with Crippen LogP contribution in [0.5, 0.6) is 0 Å². The molecule has 0 saturated carbocycles. The summed E-state index contributed by atoms with van der Waals surface area (Å²) >= 11 is 0. The van der Waals surface area contributed by atoms with Crippen LogP contribution in [-0.4, -0.2) is 16.6 Å². The maximum atomic E-state index is 13.1. The summed E-state index contributed by atoms with van der Waals surface area (Å²) in [7, 11) is 0. The largest absolute Gasteiger partial charge is 0.384 e. The predicted octanol–water partition coefficient (Wildman–Crippen LogP) is 2.71. The molecule has 0 aliphatic heterocycles. The van der Waals surface area contributed by atoms with E-state index in [0.29, 0.717) is 30.5 Å². The lowest BCUT2D eigenvalue weighted by atomic mass is 10.1. The number of nitrogen functional groups attached to an aromatic ring is 1. The Kier molecular flexibility index (Phi) is 4.06. The summed E-state index contributed by atoms with van der Waals surface area (Å²) in [6.07, 6.45) is 0. The number of hydrogen-bond donors (Lipinski definition) is 1. The zero-order valence-electron chi connectivity index (χ0n) is 11.0. The number of rotatable bonds is 4. The number of nitrogens with two attached hydrogens (primary N) is 1. The van der Waals surface area contributed by atoms with Gasteiger partial charge in [0.05, 0.1) is 5.69 Å². The van der Waals surface area contributed by atoms with E-state index in [1.807, 2.05) is 13.8 Å². The van der Waals surface area contributed by atoms with Crippen molar-refractivity contribution >= 4 is 5.82 Å². The topological polar surface area (TPSA) is 61.0 Å². The second-order valence-electron chi connectivity index (χ2n) is 4.19. The van der Waals surface area contributed by atoms with Crippen LogP contribution in [0.1, 0.15) is 18.3 Å². The number of nitrogens with zero attached hydrogens (tertiary/aromatic N) is 2. The van der Waals surface area contributed by atoms with Crippen molar-refractivity contribution in [2.75, 3.05) is 12.3 Å². The van der Waals surface area contributed by atoms with Gasteiger partial charge in [0, 0.05) is 18.2 Å². The molecule has 4 nitrogen and oxygen atoms in total. The maximum Gasteiger partial charge on any atom is 0.157 e. The smallest absolute Gasteiger partial charge is 0.157 e. The van der Waals surface area contributed by atoms with Gasteiger partial charge >= 0.3 is 0 Å². The van der Waals surface area contributed by atoms with E-state index in [-0.39, 0.29) is 5.82 Å². The standard InChI is InChI=1S/C14H16FN3O/c1-3-19-8-14-17-12(7-13(16)18-14)11-5-4-10(15)6-9(11)2/h4-7H,3,8H2,1-2H3,(H2,16,17,18). The van der Waals surface area contributed by atoms with Crippen LogP contribution in [0.25, 0.3) is 11.3 Å². The Hall–Kier alpha value is -2.01. The van der Waals surface area contributed by atoms with Gasteiger partial charge in [-0.2, -0.15) is 0 Å². The average Bonchev–Trinajstić information content (AvgIpc) is 2.35. The van der Waals surface area contributed by atoms with Crippen LogP contribution in [0.4, 0.5) is 10.2 Å². The molecule has 2 rings (SSSR count). The normalized spacial score (nSPS) is 10.7. The SMILES string of the molecule is CCOCc1nc(N)cc(-c2ccc(F)cc2C)n1. The summed E-state index contributed by atoms with van der Waals surface area (Å²) in [5.74, 6) is 0.641. The Labute approximate surface area is 111 Å². The van der Waals surface area contributed by atoms with Gasteiger partial charge < -0.3 is 10.5 Å². The van der Waals surface area contributed by atoms with Gasteiger partial charge in [-0.3, -0.25) is 0 Å². The van der Waals surface area contributed by atoms with Crippen LogP contribution in [0.3, 0.4) is 0 Å². The molecule has 100 valence electrons. The van der Waals surface area contributed by atoms with Crippen molar-refractivity contribution in [1.29, 1.82) is 0 Å². The van der Waals surface area contributed by atoms with Crippen LogP contribution in [0.15, 0.2) is 24.3 Å². The fourth-order valence-corrected chi connectivity index (χ4v) is 1.83. The molecule has 0 fully saturated rings. The van der Waals surface area contributed by atoms with Crippen LogP contribution in [0.2, 0.25) is 0 Å². The quantitative estimate of drug-likeness (QED) is 0.919. The minimum absolute atomic E-state index is 0.266. The fraction of sp³-hybridized carbons (Fsp3) is 0.286. The number of ether oxygens (including phenoxy) is 1. The van der Waals surface area contributed by atoms with Crippen LogP contribution in [-0.2, 0) is 11.3 Å². The zero-order valence-corrected chi connectivity index (χ0v) is 11.0. The molecule has 2 aromatic rings. The molecule has 5 heteroatoms. The van der Waals surface area contributed by atoms with Crippen molar-refractivity contribution in [3.8, 4) is 11.3 Å². The minimum atomic E-state index is -0.266. The second kappa shape index (κ2) is 5.75. The fourth-order valence-electron chi connectivity index (χ4n) is 1.83. The van der Waals surface area contributed by atoms with E-state index in [1.165, 1.54) is 12.1 Å². The highest BCUT2D eigenvalue weighted by atomic mass is 19.1. The van der Waals surface area contributed by atoms with Crippen molar-refractivity contribution in [1.82, 2.24) is 9.97 Å².